The quantitative estimate of drug-likeness (QED) is 0.552. The maximum absolute atomic E-state index is 13.8. The van der Waals surface area contributed by atoms with Crippen molar-refractivity contribution in [2.75, 3.05) is 6.54 Å². The van der Waals surface area contributed by atoms with Crippen LogP contribution >= 0.6 is 0 Å². The third kappa shape index (κ3) is 5.06. The lowest BCUT2D eigenvalue weighted by Crippen LogP contribution is -2.75. The minimum atomic E-state index is -4.74. The molecule has 198 valence electrons. The number of nitrogens with zero attached hydrogens (tertiary/aromatic N) is 1. The molecule has 5 atom stereocenters. The van der Waals surface area contributed by atoms with Crippen LogP contribution < -0.4 is 15.4 Å². The zero-order valence-electron chi connectivity index (χ0n) is 20.9. The molecule has 0 spiro atoms. The summed E-state index contributed by atoms with van der Waals surface area (Å²) in [5.41, 5.74) is 0.856. The van der Waals surface area contributed by atoms with Crippen molar-refractivity contribution in [3.05, 3.63) is 65.7 Å². The van der Waals surface area contributed by atoms with E-state index >= 15 is 0 Å². The second kappa shape index (κ2) is 9.67. The Morgan fingerprint density at radius 3 is 2.49 bits per heavy atom. The van der Waals surface area contributed by atoms with E-state index in [1.807, 2.05) is 30.3 Å². The lowest BCUT2D eigenvalue weighted by atomic mass is 9.57. The Bertz CT molecular complexity index is 1140. The summed E-state index contributed by atoms with van der Waals surface area (Å²) in [6.07, 6.45) is -3.37. The number of benzene rings is 2. The molecule has 3 saturated heterocycles. The molecular formula is C28H32F3N3O3. The fourth-order valence-corrected chi connectivity index (χ4v) is 6.71. The van der Waals surface area contributed by atoms with E-state index in [2.05, 4.69) is 34.1 Å². The average Bonchev–Trinajstić information content (AvgIpc) is 3.14. The molecule has 37 heavy (non-hydrogen) atoms. The van der Waals surface area contributed by atoms with Crippen LogP contribution in [-0.4, -0.2) is 41.2 Å². The highest BCUT2D eigenvalue weighted by molar-refractivity contribution is 5.96. The van der Waals surface area contributed by atoms with Crippen LogP contribution in [0.1, 0.15) is 37.8 Å². The van der Waals surface area contributed by atoms with E-state index in [-0.39, 0.29) is 41.4 Å². The van der Waals surface area contributed by atoms with Crippen molar-refractivity contribution in [1.82, 2.24) is 15.5 Å². The fourth-order valence-electron chi connectivity index (χ4n) is 6.71. The highest BCUT2D eigenvalue weighted by Gasteiger charge is 2.67. The van der Waals surface area contributed by atoms with Gasteiger partial charge in [-0.15, -0.1) is 13.2 Å². The molecule has 0 aromatic heterocycles. The van der Waals surface area contributed by atoms with Gasteiger partial charge in [-0.25, -0.2) is 0 Å². The molecule has 0 unspecified atom stereocenters. The molecule has 6 rings (SSSR count). The monoisotopic (exact) mass is 515 g/mol. The lowest BCUT2D eigenvalue weighted by molar-refractivity contribution is -0.274. The van der Waals surface area contributed by atoms with Crippen molar-refractivity contribution in [2.24, 2.45) is 23.7 Å². The number of ether oxygens (including phenoxy) is 1. The molecule has 9 heteroatoms. The van der Waals surface area contributed by atoms with Crippen LogP contribution in [0.25, 0.3) is 0 Å². The zero-order chi connectivity index (χ0) is 26.4. The number of hydrogen-bond acceptors (Lipinski definition) is 4. The van der Waals surface area contributed by atoms with Gasteiger partial charge in [0, 0.05) is 31.6 Å². The molecule has 2 amide bonds. The second-order valence-corrected chi connectivity index (χ2v) is 11.0. The number of hydrogen-bond donors (Lipinski definition) is 2. The van der Waals surface area contributed by atoms with Gasteiger partial charge < -0.3 is 15.4 Å². The highest BCUT2D eigenvalue weighted by atomic mass is 19.4. The van der Waals surface area contributed by atoms with Crippen LogP contribution in [0.15, 0.2) is 54.6 Å². The van der Waals surface area contributed by atoms with Crippen molar-refractivity contribution < 1.29 is 27.5 Å². The normalized spacial score (nSPS) is 28.9. The molecule has 4 fully saturated rings. The van der Waals surface area contributed by atoms with Crippen LogP contribution in [0.3, 0.4) is 0 Å². The van der Waals surface area contributed by atoms with Crippen LogP contribution in [0.4, 0.5) is 13.2 Å². The summed E-state index contributed by atoms with van der Waals surface area (Å²) >= 11 is 0. The SMILES string of the molecule is CC(C)C[C@@H]1[C@@H]2[C@@H]3C(=O)N[C@@]1(C(=O)NCc1ccccc1)C[C@@H]3CN2Cc1ccc(OC(F)(F)F)cc1. The average molecular weight is 516 g/mol. The van der Waals surface area contributed by atoms with Crippen LogP contribution in [-0.2, 0) is 22.7 Å². The van der Waals surface area contributed by atoms with Gasteiger partial charge in [0.1, 0.15) is 11.3 Å². The second-order valence-electron chi connectivity index (χ2n) is 11.0. The Hall–Kier alpha value is -3.07. The van der Waals surface area contributed by atoms with Gasteiger partial charge in [0.05, 0.1) is 5.92 Å². The first kappa shape index (κ1) is 25.6. The standard InChI is InChI=1S/C28H32F3N3O3/c1-17(2)12-22-24-23-20(16-34(24)15-19-8-10-21(11-9-19)37-28(29,30)31)13-27(22,33-25(23)35)26(36)32-14-18-6-4-3-5-7-18/h3-11,17,20,22-24H,12-16H2,1-2H3,(H,32,36)(H,33,35)/t20-,22-,23-,24-,27+/m1/s1. The van der Waals surface area contributed by atoms with Gasteiger partial charge in [0.15, 0.2) is 0 Å². The number of piperidine rings is 2. The molecule has 2 N–H and O–H groups in total. The van der Waals surface area contributed by atoms with Crippen LogP contribution in [0.5, 0.6) is 5.75 Å². The number of fused-ring (bicyclic) bond motifs is 1. The molecule has 3 aliphatic heterocycles. The number of alkyl halides is 3. The van der Waals surface area contributed by atoms with Gasteiger partial charge in [-0.1, -0.05) is 56.3 Å². The van der Waals surface area contributed by atoms with Crippen LogP contribution in [0, 0.1) is 23.7 Å². The van der Waals surface area contributed by atoms with E-state index in [0.29, 0.717) is 32.0 Å². The van der Waals surface area contributed by atoms with Gasteiger partial charge >= 0.3 is 6.36 Å². The van der Waals surface area contributed by atoms with E-state index in [1.165, 1.54) is 12.1 Å². The topological polar surface area (TPSA) is 70.7 Å². The van der Waals surface area contributed by atoms with Gasteiger partial charge in [-0.3, -0.25) is 14.5 Å². The largest absolute Gasteiger partial charge is 0.573 e. The molecule has 1 saturated carbocycles. The van der Waals surface area contributed by atoms with Crippen LogP contribution in [0.2, 0.25) is 0 Å². The molecule has 0 radical (unpaired) electrons. The number of carbonyl (C=O) groups is 2. The Morgan fingerprint density at radius 2 is 1.84 bits per heavy atom. The summed E-state index contributed by atoms with van der Waals surface area (Å²) in [5, 5.41) is 6.22. The summed E-state index contributed by atoms with van der Waals surface area (Å²) in [5.74, 6) is -0.372. The predicted molar refractivity (Wildman–Crippen MR) is 131 cm³/mol. The third-order valence-corrected chi connectivity index (χ3v) is 8.01. The maximum atomic E-state index is 13.8. The summed E-state index contributed by atoms with van der Waals surface area (Å²) in [4.78, 5) is 29.3. The van der Waals surface area contributed by atoms with E-state index in [1.54, 1.807) is 12.1 Å². The number of carbonyl (C=O) groups excluding carboxylic acids is 2. The number of likely N-dealkylation sites (tertiary alicyclic amines) is 1. The van der Waals surface area contributed by atoms with Crippen molar-refractivity contribution in [3.63, 3.8) is 0 Å². The lowest BCUT2D eigenvalue weighted by Gasteiger charge is -2.55. The van der Waals surface area contributed by atoms with Gasteiger partial charge in [-0.2, -0.15) is 0 Å². The fraction of sp³-hybridized carbons (Fsp3) is 0.500. The number of nitrogens with one attached hydrogen (secondary N) is 2. The van der Waals surface area contributed by atoms with E-state index in [9.17, 15) is 22.8 Å². The molecule has 2 aromatic carbocycles. The van der Waals surface area contributed by atoms with Crippen molar-refractivity contribution in [2.45, 2.75) is 57.7 Å². The maximum Gasteiger partial charge on any atom is 0.573 e. The first-order valence-corrected chi connectivity index (χ1v) is 12.8. The van der Waals surface area contributed by atoms with Crippen molar-refractivity contribution in [1.29, 1.82) is 0 Å². The van der Waals surface area contributed by atoms with Crippen molar-refractivity contribution in [3.8, 4) is 5.75 Å². The Morgan fingerprint density at radius 1 is 1.14 bits per heavy atom. The minimum absolute atomic E-state index is 0.0532. The van der Waals surface area contributed by atoms with Gasteiger partial charge in [0.25, 0.3) is 0 Å². The summed E-state index contributed by atoms with van der Waals surface area (Å²) in [6.45, 7) is 5.80. The summed E-state index contributed by atoms with van der Waals surface area (Å²) < 4.78 is 41.6. The Balaban J connectivity index is 1.38. The zero-order valence-corrected chi connectivity index (χ0v) is 20.9. The smallest absolute Gasteiger partial charge is 0.406 e. The van der Waals surface area contributed by atoms with Crippen molar-refractivity contribution >= 4 is 11.8 Å². The Labute approximate surface area is 214 Å². The molecule has 4 aliphatic rings. The van der Waals surface area contributed by atoms with E-state index in [4.69, 9.17) is 0 Å². The number of halogens is 3. The summed E-state index contributed by atoms with van der Waals surface area (Å²) in [7, 11) is 0. The molecule has 6 nitrogen and oxygen atoms in total. The minimum Gasteiger partial charge on any atom is -0.406 e. The number of amides is 2. The van der Waals surface area contributed by atoms with E-state index < -0.39 is 11.9 Å². The summed E-state index contributed by atoms with van der Waals surface area (Å²) in [6, 6.07) is 15.5. The first-order chi connectivity index (χ1) is 17.6. The van der Waals surface area contributed by atoms with Gasteiger partial charge in [-0.05, 0) is 47.9 Å². The molecule has 3 heterocycles. The Kier molecular flexibility index (Phi) is 6.68. The molecule has 2 aromatic rings. The van der Waals surface area contributed by atoms with E-state index in [0.717, 1.165) is 17.5 Å². The molecular weight excluding hydrogens is 483 g/mol. The predicted octanol–water partition coefficient (Wildman–Crippen LogP) is 4.25. The first-order valence-electron chi connectivity index (χ1n) is 12.8. The van der Waals surface area contributed by atoms with Gasteiger partial charge in [0.2, 0.25) is 11.8 Å². The molecule has 4 bridgehead atoms. The highest BCUT2D eigenvalue weighted by Crippen LogP contribution is 2.54. The number of rotatable bonds is 8. The third-order valence-electron chi connectivity index (χ3n) is 8.01. The molecule has 1 aliphatic carbocycles.